The summed E-state index contributed by atoms with van der Waals surface area (Å²) in [6, 6.07) is 0. The second-order valence-corrected chi connectivity index (χ2v) is 6.19. The zero-order chi connectivity index (χ0) is 14.5. The predicted octanol–water partition coefficient (Wildman–Crippen LogP) is -0.960. The molecule has 19 heavy (non-hydrogen) atoms. The van der Waals surface area contributed by atoms with Crippen LogP contribution in [0.4, 0.5) is 5.13 Å². The van der Waals surface area contributed by atoms with Crippen molar-refractivity contribution in [2.24, 2.45) is 5.14 Å². The van der Waals surface area contributed by atoms with Gasteiger partial charge in [-0.25, -0.2) is 13.6 Å². The summed E-state index contributed by atoms with van der Waals surface area (Å²) in [6.07, 6.45) is 1.64. The Balaban J connectivity index is 2.57. The molecule has 0 bridgehead atoms. The lowest BCUT2D eigenvalue weighted by atomic mass is 10.3. The van der Waals surface area contributed by atoms with Crippen LogP contribution in [-0.4, -0.2) is 37.0 Å². The Hall–Kier alpha value is -1.59. The van der Waals surface area contributed by atoms with E-state index in [0.717, 1.165) is 12.8 Å². The number of sulfonamides is 1. The van der Waals surface area contributed by atoms with E-state index in [1.165, 1.54) is 0 Å². The molecule has 0 unspecified atom stereocenters. The van der Waals surface area contributed by atoms with Gasteiger partial charge in [-0.05, 0) is 6.42 Å². The molecule has 0 aliphatic carbocycles. The molecule has 0 spiro atoms. The standard InChI is InChI=1S/C8H13N5O4S2/c1-2-3-4-10-5(14)6(15)11-7-12-13-8(18-7)19(9,16)17/h2-4H2,1H3,(H,10,14)(H2,9,16,17)(H,11,12,15). The molecule has 0 atom stereocenters. The molecule has 1 heterocycles. The second-order valence-electron chi connectivity index (χ2n) is 3.48. The molecule has 0 radical (unpaired) electrons. The molecule has 0 saturated carbocycles. The molecule has 0 aliphatic heterocycles. The van der Waals surface area contributed by atoms with E-state index in [1.807, 2.05) is 6.92 Å². The summed E-state index contributed by atoms with van der Waals surface area (Å²) in [5.74, 6) is -1.76. The van der Waals surface area contributed by atoms with Gasteiger partial charge in [0.15, 0.2) is 0 Å². The quantitative estimate of drug-likeness (QED) is 0.363. The van der Waals surface area contributed by atoms with Gasteiger partial charge in [0, 0.05) is 6.54 Å². The molecule has 2 amide bonds. The first-order chi connectivity index (χ1) is 8.84. The SMILES string of the molecule is CCCCNC(=O)C(=O)Nc1nnc(S(N)(=O)=O)s1. The molecule has 9 nitrogen and oxygen atoms in total. The van der Waals surface area contributed by atoms with Gasteiger partial charge < -0.3 is 5.32 Å². The number of unbranched alkanes of at least 4 members (excludes halogenated alkanes) is 1. The Morgan fingerprint density at radius 2 is 2.00 bits per heavy atom. The normalized spacial score (nSPS) is 11.1. The van der Waals surface area contributed by atoms with Gasteiger partial charge in [0.2, 0.25) is 9.47 Å². The predicted molar refractivity (Wildman–Crippen MR) is 67.8 cm³/mol. The Bertz CT molecular complexity index is 567. The molecule has 0 aromatic carbocycles. The monoisotopic (exact) mass is 307 g/mol. The van der Waals surface area contributed by atoms with Crippen LogP contribution in [-0.2, 0) is 19.6 Å². The molecule has 1 rings (SSSR count). The van der Waals surface area contributed by atoms with Gasteiger partial charge in [0.05, 0.1) is 0 Å². The van der Waals surface area contributed by atoms with Crippen molar-refractivity contribution < 1.29 is 18.0 Å². The maximum atomic E-state index is 11.4. The molecular formula is C8H13N5O4S2. The van der Waals surface area contributed by atoms with Crippen molar-refractivity contribution in [3.8, 4) is 0 Å². The van der Waals surface area contributed by atoms with Crippen molar-refractivity contribution in [2.75, 3.05) is 11.9 Å². The number of carbonyl (C=O) groups excluding carboxylic acids is 2. The number of amides is 2. The molecule has 1 aromatic heterocycles. The van der Waals surface area contributed by atoms with E-state index in [2.05, 4.69) is 20.8 Å². The number of hydrogen-bond acceptors (Lipinski definition) is 7. The van der Waals surface area contributed by atoms with Gasteiger partial charge in [-0.15, -0.1) is 10.2 Å². The highest BCUT2D eigenvalue weighted by molar-refractivity contribution is 7.91. The number of nitrogens with two attached hydrogens (primary N) is 1. The Morgan fingerprint density at radius 3 is 2.53 bits per heavy atom. The third-order valence-corrected chi connectivity index (χ3v) is 4.04. The number of nitrogens with one attached hydrogen (secondary N) is 2. The van der Waals surface area contributed by atoms with Crippen LogP contribution >= 0.6 is 11.3 Å². The molecule has 0 fully saturated rings. The number of rotatable bonds is 5. The van der Waals surface area contributed by atoms with Gasteiger partial charge in [0.25, 0.3) is 10.0 Å². The summed E-state index contributed by atoms with van der Waals surface area (Å²) in [4.78, 5) is 22.7. The minimum Gasteiger partial charge on any atom is -0.348 e. The number of nitrogens with zero attached hydrogens (tertiary/aromatic N) is 2. The van der Waals surface area contributed by atoms with Crippen LogP contribution in [0.15, 0.2) is 4.34 Å². The minimum absolute atomic E-state index is 0.111. The summed E-state index contributed by atoms with van der Waals surface area (Å²) >= 11 is 0.567. The van der Waals surface area contributed by atoms with Crippen molar-refractivity contribution in [2.45, 2.75) is 24.1 Å². The van der Waals surface area contributed by atoms with E-state index < -0.39 is 26.2 Å². The lowest BCUT2D eigenvalue weighted by Crippen LogP contribution is -2.35. The van der Waals surface area contributed by atoms with Gasteiger partial charge >= 0.3 is 11.8 Å². The highest BCUT2D eigenvalue weighted by Gasteiger charge is 2.19. The second kappa shape index (κ2) is 6.54. The lowest BCUT2D eigenvalue weighted by Gasteiger charge is -2.02. The summed E-state index contributed by atoms with van der Waals surface area (Å²) in [7, 11) is -3.96. The lowest BCUT2D eigenvalue weighted by molar-refractivity contribution is -0.136. The molecule has 11 heteroatoms. The van der Waals surface area contributed by atoms with Crippen molar-refractivity contribution in [3.05, 3.63) is 0 Å². The third kappa shape index (κ3) is 4.89. The van der Waals surface area contributed by atoms with Gasteiger partial charge in [-0.2, -0.15) is 0 Å². The van der Waals surface area contributed by atoms with Crippen LogP contribution in [0.5, 0.6) is 0 Å². The number of aromatic nitrogens is 2. The Morgan fingerprint density at radius 1 is 1.32 bits per heavy atom. The average molecular weight is 307 g/mol. The highest BCUT2D eigenvalue weighted by atomic mass is 32.2. The number of anilines is 1. The summed E-state index contributed by atoms with van der Waals surface area (Å²) in [5.41, 5.74) is 0. The zero-order valence-corrected chi connectivity index (χ0v) is 11.7. The van der Waals surface area contributed by atoms with Crippen molar-refractivity contribution in [3.63, 3.8) is 0 Å². The third-order valence-electron chi connectivity index (χ3n) is 1.89. The summed E-state index contributed by atoms with van der Waals surface area (Å²) in [6.45, 7) is 2.34. The van der Waals surface area contributed by atoms with Crippen molar-refractivity contribution >= 4 is 38.3 Å². The maximum absolute atomic E-state index is 11.4. The summed E-state index contributed by atoms with van der Waals surface area (Å²) < 4.78 is 21.4. The number of primary sulfonamides is 1. The van der Waals surface area contributed by atoms with E-state index in [-0.39, 0.29) is 5.13 Å². The molecule has 106 valence electrons. The maximum Gasteiger partial charge on any atom is 0.315 e. The van der Waals surface area contributed by atoms with Gasteiger partial charge in [-0.3, -0.25) is 14.9 Å². The van der Waals surface area contributed by atoms with E-state index in [9.17, 15) is 18.0 Å². The van der Waals surface area contributed by atoms with Crippen LogP contribution < -0.4 is 15.8 Å². The molecule has 1 aromatic rings. The highest BCUT2D eigenvalue weighted by Crippen LogP contribution is 2.18. The molecule has 0 aliphatic rings. The smallest absolute Gasteiger partial charge is 0.315 e. The van der Waals surface area contributed by atoms with E-state index in [4.69, 9.17) is 5.14 Å². The number of hydrogen-bond donors (Lipinski definition) is 3. The van der Waals surface area contributed by atoms with Crippen LogP contribution in [0.1, 0.15) is 19.8 Å². The minimum atomic E-state index is -3.96. The van der Waals surface area contributed by atoms with E-state index >= 15 is 0 Å². The van der Waals surface area contributed by atoms with Gasteiger partial charge in [-0.1, -0.05) is 24.7 Å². The largest absolute Gasteiger partial charge is 0.348 e. The van der Waals surface area contributed by atoms with Crippen LogP contribution in [0.3, 0.4) is 0 Å². The molecular weight excluding hydrogens is 294 g/mol. The fourth-order valence-corrected chi connectivity index (χ4v) is 2.32. The van der Waals surface area contributed by atoms with Crippen LogP contribution in [0, 0.1) is 0 Å². The first-order valence-corrected chi connectivity index (χ1v) is 7.66. The Kier molecular flexibility index (Phi) is 5.32. The molecule has 4 N–H and O–H groups in total. The molecule has 0 saturated heterocycles. The van der Waals surface area contributed by atoms with Crippen molar-refractivity contribution in [1.29, 1.82) is 0 Å². The van der Waals surface area contributed by atoms with Gasteiger partial charge in [0.1, 0.15) is 0 Å². The van der Waals surface area contributed by atoms with Crippen molar-refractivity contribution in [1.82, 2.24) is 15.5 Å². The fourth-order valence-electron chi connectivity index (χ4n) is 0.988. The zero-order valence-electron chi connectivity index (χ0n) is 10.0. The average Bonchev–Trinajstić information content (AvgIpc) is 2.77. The van der Waals surface area contributed by atoms with E-state index in [0.29, 0.717) is 17.9 Å². The van der Waals surface area contributed by atoms with Crippen LogP contribution in [0.2, 0.25) is 0 Å². The number of carbonyl (C=O) groups is 2. The first kappa shape index (κ1) is 15.5. The van der Waals surface area contributed by atoms with Crippen LogP contribution in [0.25, 0.3) is 0 Å². The first-order valence-electron chi connectivity index (χ1n) is 5.30. The topological polar surface area (TPSA) is 144 Å². The fraction of sp³-hybridized carbons (Fsp3) is 0.500. The Labute approximate surface area is 113 Å². The summed E-state index contributed by atoms with van der Waals surface area (Å²) in [5, 5.41) is 15.9. The van der Waals surface area contributed by atoms with E-state index in [1.54, 1.807) is 0 Å².